The zero-order valence-electron chi connectivity index (χ0n) is 15.5. The normalized spacial score (nSPS) is 16.1. The Hall–Kier alpha value is -2.44. The van der Waals surface area contributed by atoms with Crippen LogP contribution in [-0.2, 0) is 9.53 Å². The van der Waals surface area contributed by atoms with Gasteiger partial charge in [-0.1, -0.05) is 6.07 Å². The van der Waals surface area contributed by atoms with Crippen LogP contribution in [-0.4, -0.2) is 36.7 Å². The maximum atomic E-state index is 12.8. The maximum absolute atomic E-state index is 12.8. The number of rotatable bonds is 5. The zero-order chi connectivity index (χ0) is 18.6. The molecule has 0 atom stereocenters. The van der Waals surface area contributed by atoms with E-state index in [1.54, 1.807) is 13.3 Å². The number of anilines is 1. The summed E-state index contributed by atoms with van der Waals surface area (Å²) >= 11 is 0. The van der Waals surface area contributed by atoms with Gasteiger partial charge in [0.1, 0.15) is 11.4 Å². The van der Waals surface area contributed by atoms with Crippen molar-refractivity contribution in [2.45, 2.75) is 32.3 Å². The number of piperidine rings is 1. The van der Waals surface area contributed by atoms with E-state index >= 15 is 0 Å². The number of hydrogen-bond donors (Lipinski definition) is 2. The predicted molar refractivity (Wildman–Crippen MR) is 101 cm³/mol. The average molecular weight is 355 g/mol. The summed E-state index contributed by atoms with van der Waals surface area (Å²) in [5.41, 5.74) is 1.94. The van der Waals surface area contributed by atoms with E-state index in [4.69, 9.17) is 9.47 Å². The van der Waals surface area contributed by atoms with E-state index in [0.717, 1.165) is 24.2 Å². The molecule has 0 unspecified atom stereocenters. The molecule has 3 rings (SSSR count). The number of methoxy groups -OCH3 is 1. The molecule has 2 aromatic rings. The fourth-order valence-corrected chi connectivity index (χ4v) is 3.06. The predicted octanol–water partition coefficient (Wildman–Crippen LogP) is 3.20. The number of carbonyl (C=O) groups excluding carboxylic acids is 1. The van der Waals surface area contributed by atoms with Crippen molar-refractivity contribution in [1.82, 2.24) is 10.3 Å². The van der Waals surface area contributed by atoms with E-state index in [2.05, 4.69) is 15.6 Å². The third-order valence-electron chi connectivity index (χ3n) is 4.77. The number of pyridine rings is 1. The van der Waals surface area contributed by atoms with Crippen molar-refractivity contribution in [1.29, 1.82) is 0 Å². The van der Waals surface area contributed by atoms with Gasteiger partial charge >= 0.3 is 0 Å². The van der Waals surface area contributed by atoms with Crippen molar-refractivity contribution < 1.29 is 14.3 Å². The first-order chi connectivity index (χ1) is 12.5. The minimum Gasteiger partial charge on any atom is -0.439 e. The van der Waals surface area contributed by atoms with Crippen LogP contribution in [0, 0.1) is 13.8 Å². The van der Waals surface area contributed by atoms with Crippen LogP contribution in [0.25, 0.3) is 0 Å². The van der Waals surface area contributed by atoms with E-state index < -0.39 is 5.60 Å². The summed E-state index contributed by atoms with van der Waals surface area (Å²) in [5, 5.41) is 6.23. The van der Waals surface area contributed by atoms with Gasteiger partial charge in [-0.05, 0) is 63.0 Å². The second kappa shape index (κ2) is 7.85. The van der Waals surface area contributed by atoms with Gasteiger partial charge in [0.2, 0.25) is 5.88 Å². The van der Waals surface area contributed by atoms with Gasteiger partial charge in [0.05, 0.1) is 0 Å². The van der Waals surface area contributed by atoms with Crippen molar-refractivity contribution in [3.8, 4) is 11.6 Å². The van der Waals surface area contributed by atoms with Gasteiger partial charge in [-0.3, -0.25) is 4.79 Å². The van der Waals surface area contributed by atoms with E-state index in [0.29, 0.717) is 30.2 Å². The van der Waals surface area contributed by atoms with Crippen molar-refractivity contribution in [3.63, 3.8) is 0 Å². The van der Waals surface area contributed by atoms with Gasteiger partial charge in [-0.25, -0.2) is 4.98 Å². The van der Waals surface area contributed by atoms with Gasteiger partial charge in [-0.15, -0.1) is 0 Å². The van der Waals surface area contributed by atoms with E-state index in [1.165, 1.54) is 0 Å². The molecule has 1 aromatic carbocycles. The summed E-state index contributed by atoms with van der Waals surface area (Å²) in [7, 11) is 1.60. The standard InChI is InChI=1S/C20H25N3O3/c1-14-6-9-22-18(12-14)26-17-13-16(5-4-15(17)2)23-19(24)20(25-3)7-10-21-11-8-20/h4-6,9,12-13,21H,7-8,10-11H2,1-3H3,(H,23,24). The van der Waals surface area contributed by atoms with Crippen LogP contribution < -0.4 is 15.4 Å². The highest BCUT2D eigenvalue weighted by molar-refractivity contribution is 5.97. The Balaban J connectivity index is 1.77. The van der Waals surface area contributed by atoms with Crippen LogP contribution in [0.4, 0.5) is 5.69 Å². The average Bonchev–Trinajstić information content (AvgIpc) is 2.65. The van der Waals surface area contributed by atoms with Gasteiger partial charge in [0, 0.05) is 31.1 Å². The SMILES string of the molecule is COC1(C(=O)Nc2ccc(C)c(Oc3cc(C)ccn3)c2)CCNCC1. The second-order valence-electron chi connectivity index (χ2n) is 6.66. The van der Waals surface area contributed by atoms with Crippen LogP contribution in [0.15, 0.2) is 36.5 Å². The molecule has 0 saturated carbocycles. The maximum Gasteiger partial charge on any atom is 0.256 e. The molecule has 138 valence electrons. The number of nitrogens with one attached hydrogen (secondary N) is 2. The van der Waals surface area contributed by atoms with E-state index in [-0.39, 0.29) is 5.91 Å². The Bertz CT molecular complexity index is 786. The molecule has 0 bridgehead atoms. The molecule has 2 N–H and O–H groups in total. The van der Waals surface area contributed by atoms with Gasteiger partial charge in [-0.2, -0.15) is 0 Å². The number of carbonyl (C=O) groups is 1. The van der Waals surface area contributed by atoms with Gasteiger partial charge < -0.3 is 20.1 Å². The summed E-state index contributed by atoms with van der Waals surface area (Å²) in [4.78, 5) is 17.0. The highest BCUT2D eigenvalue weighted by atomic mass is 16.5. The number of hydrogen-bond acceptors (Lipinski definition) is 5. The number of ether oxygens (including phenoxy) is 2. The number of aryl methyl sites for hydroxylation is 2. The molecule has 1 fully saturated rings. The molecular weight excluding hydrogens is 330 g/mol. The fraction of sp³-hybridized carbons (Fsp3) is 0.400. The third kappa shape index (κ3) is 4.03. The molecule has 1 aromatic heterocycles. The largest absolute Gasteiger partial charge is 0.439 e. The molecule has 1 amide bonds. The smallest absolute Gasteiger partial charge is 0.256 e. The molecule has 6 nitrogen and oxygen atoms in total. The minimum absolute atomic E-state index is 0.120. The lowest BCUT2D eigenvalue weighted by Crippen LogP contribution is -2.51. The van der Waals surface area contributed by atoms with Gasteiger partial charge in [0.15, 0.2) is 0 Å². The Morgan fingerprint density at radius 2 is 1.96 bits per heavy atom. The molecule has 1 saturated heterocycles. The summed E-state index contributed by atoms with van der Waals surface area (Å²) in [6.07, 6.45) is 3.01. The molecular formula is C20H25N3O3. The molecule has 0 radical (unpaired) electrons. The number of aromatic nitrogens is 1. The van der Waals surface area contributed by atoms with E-state index in [1.807, 2.05) is 44.2 Å². The Morgan fingerprint density at radius 1 is 1.19 bits per heavy atom. The summed E-state index contributed by atoms with van der Waals surface area (Å²) < 4.78 is 11.5. The zero-order valence-corrected chi connectivity index (χ0v) is 15.5. The highest BCUT2D eigenvalue weighted by Gasteiger charge is 2.39. The topological polar surface area (TPSA) is 72.5 Å². The lowest BCUT2D eigenvalue weighted by Gasteiger charge is -2.34. The number of amides is 1. The lowest BCUT2D eigenvalue weighted by molar-refractivity contribution is -0.140. The minimum atomic E-state index is -0.782. The Labute approximate surface area is 153 Å². The lowest BCUT2D eigenvalue weighted by atomic mass is 9.91. The first kappa shape index (κ1) is 18.4. The monoisotopic (exact) mass is 355 g/mol. The second-order valence-corrected chi connectivity index (χ2v) is 6.66. The molecule has 0 spiro atoms. The summed E-state index contributed by atoms with van der Waals surface area (Å²) in [5.74, 6) is 1.07. The van der Waals surface area contributed by atoms with Gasteiger partial charge in [0.25, 0.3) is 5.91 Å². The number of nitrogens with zero attached hydrogens (tertiary/aromatic N) is 1. The first-order valence-corrected chi connectivity index (χ1v) is 8.81. The van der Waals surface area contributed by atoms with Crippen molar-refractivity contribution in [2.24, 2.45) is 0 Å². The number of benzene rings is 1. The third-order valence-corrected chi connectivity index (χ3v) is 4.77. The van der Waals surface area contributed by atoms with E-state index in [9.17, 15) is 4.79 Å². The first-order valence-electron chi connectivity index (χ1n) is 8.81. The molecule has 26 heavy (non-hydrogen) atoms. The molecule has 6 heteroatoms. The van der Waals surface area contributed by atoms with Crippen molar-refractivity contribution in [3.05, 3.63) is 47.7 Å². The molecule has 1 aliphatic heterocycles. The Kier molecular flexibility index (Phi) is 5.54. The van der Waals surface area contributed by atoms with Crippen LogP contribution in [0.2, 0.25) is 0 Å². The van der Waals surface area contributed by atoms with Crippen molar-refractivity contribution in [2.75, 3.05) is 25.5 Å². The van der Waals surface area contributed by atoms with Crippen LogP contribution >= 0.6 is 0 Å². The Morgan fingerprint density at radius 3 is 2.65 bits per heavy atom. The highest BCUT2D eigenvalue weighted by Crippen LogP contribution is 2.29. The summed E-state index contributed by atoms with van der Waals surface area (Å²) in [6.45, 7) is 5.48. The molecule has 2 heterocycles. The van der Waals surface area contributed by atoms with Crippen LogP contribution in [0.1, 0.15) is 24.0 Å². The molecule has 1 aliphatic rings. The van der Waals surface area contributed by atoms with Crippen LogP contribution in [0.3, 0.4) is 0 Å². The quantitative estimate of drug-likeness (QED) is 0.862. The molecule has 0 aliphatic carbocycles. The van der Waals surface area contributed by atoms with Crippen LogP contribution in [0.5, 0.6) is 11.6 Å². The summed E-state index contributed by atoms with van der Waals surface area (Å²) in [6, 6.07) is 9.40. The fourth-order valence-electron chi connectivity index (χ4n) is 3.06. The van der Waals surface area contributed by atoms with Crippen molar-refractivity contribution >= 4 is 11.6 Å².